The number of hydrogen-bond donors (Lipinski definition) is 2. The summed E-state index contributed by atoms with van der Waals surface area (Å²) < 4.78 is 57.6. The third-order valence-corrected chi connectivity index (χ3v) is 5.45. The Morgan fingerprint density at radius 2 is 1.97 bits per heavy atom. The van der Waals surface area contributed by atoms with E-state index in [-0.39, 0.29) is 29.7 Å². The van der Waals surface area contributed by atoms with Gasteiger partial charge in [-0.15, -0.1) is 0 Å². The molecule has 0 aliphatic carbocycles. The third kappa shape index (κ3) is 3.87. The van der Waals surface area contributed by atoms with E-state index >= 15 is 0 Å². The molecule has 1 aromatic carbocycles. The Bertz CT molecular complexity index is 1210. The number of aromatic nitrogens is 3. The van der Waals surface area contributed by atoms with Gasteiger partial charge in [-0.1, -0.05) is 0 Å². The smallest absolute Gasteiger partial charge is 0.260 e. The summed E-state index contributed by atoms with van der Waals surface area (Å²) >= 11 is 0. The standard InChI is InChI=1S/C21H21F4N5O/c1-3-30-19-11(7-27-21(29-19)28-13-5-12(22)8-26-9-13)4-15(20(30)31)14-6-16(23)10(2)17(24)18(14)25/h4,6-7,12-13,26H,3,5,8-9H2,1-2H3,(H,27,28,29)/t12-,13-/m0/s1. The van der Waals surface area contributed by atoms with Crippen LogP contribution in [0.1, 0.15) is 18.9 Å². The molecule has 1 saturated heterocycles. The van der Waals surface area contributed by atoms with Crippen LogP contribution in [0.25, 0.3) is 22.2 Å². The average molecular weight is 435 g/mol. The van der Waals surface area contributed by atoms with Crippen LogP contribution in [0.3, 0.4) is 0 Å². The van der Waals surface area contributed by atoms with Crippen molar-refractivity contribution >= 4 is 17.0 Å². The molecule has 0 amide bonds. The van der Waals surface area contributed by atoms with Crippen LogP contribution in [-0.2, 0) is 6.54 Å². The van der Waals surface area contributed by atoms with E-state index in [1.807, 2.05) is 0 Å². The maximum absolute atomic E-state index is 14.5. The second-order valence-electron chi connectivity index (χ2n) is 7.57. The van der Waals surface area contributed by atoms with Gasteiger partial charge in [-0.25, -0.2) is 22.5 Å². The van der Waals surface area contributed by atoms with Crippen LogP contribution in [0.5, 0.6) is 0 Å². The highest BCUT2D eigenvalue weighted by Crippen LogP contribution is 2.28. The van der Waals surface area contributed by atoms with Gasteiger partial charge in [0.15, 0.2) is 11.6 Å². The summed E-state index contributed by atoms with van der Waals surface area (Å²) in [7, 11) is 0. The number of anilines is 1. The Kier molecular flexibility index (Phi) is 5.65. The minimum Gasteiger partial charge on any atom is -0.350 e. The number of piperidine rings is 1. The van der Waals surface area contributed by atoms with Crippen LogP contribution >= 0.6 is 0 Å². The van der Waals surface area contributed by atoms with Gasteiger partial charge in [0.25, 0.3) is 5.56 Å². The highest BCUT2D eigenvalue weighted by Gasteiger charge is 2.23. The number of rotatable bonds is 4. The molecule has 0 saturated carbocycles. The average Bonchev–Trinajstić information content (AvgIpc) is 2.75. The summed E-state index contributed by atoms with van der Waals surface area (Å²) in [5, 5.41) is 6.42. The fourth-order valence-corrected chi connectivity index (χ4v) is 3.78. The Morgan fingerprint density at radius 3 is 2.68 bits per heavy atom. The predicted octanol–water partition coefficient (Wildman–Crippen LogP) is 3.32. The van der Waals surface area contributed by atoms with Crippen molar-refractivity contribution in [2.45, 2.75) is 39.0 Å². The van der Waals surface area contributed by atoms with E-state index in [0.717, 1.165) is 13.0 Å². The van der Waals surface area contributed by atoms with Gasteiger partial charge in [0, 0.05) is 54.8 Å². The van der Waals surface area contributed by atoms with Gasteiger partial charge in [0.1, 0.15) is 17.6 Å². The van der Waals surface area contributed by atoms with Gasteiger partial charge in [0.2, 0.25) is 5.95 Å². The number of benzene rings is 1. The molecule has 6 nitrogen and oxygen atoms in total. The van der Waals surface area contributed by atoms with E-state index in [0.29, 0.717) is 24.9 Å². The van der Waals surface area contributed by atoms with Crippen LogP contribution in [0.15, 0.2) is 23.1 Å². The van der Waals surface area contributed by atoms with Crippen molar-refractivity contribution in [1.29, 1.82) is 0 Å². The Hall–Kier alpha value is -3.01. The normalized spacial score (nSPS) is 19.0. The van der Waals surface area contributed by atoms with Gasteiger partial charge in [-0.3, -0.25) is 9.36 Å². The van der Waals surface area contributed by atoms with Crippen LogP contribution in [0.2, 0.25) is 0 Å². The number of nitrogens with one attached hydrogen (secondary N) is 2. The number of fused-ring (bicyclic) bond motifs is 1. The molecule has 1 aliphatic heterocycles. The Labute approximate surface area is 175 Å². The van der Waals surface area contributed by atoms with Gasteiger partial charge in [0.05, 0.1) is 5.56 Å². The molecule has 3 heterocycles. The second kappa shape index (κ2) is 8.26. The predicted molar refractivity (Wildman–Crippen MR) is 109 cm³/mol. The van der Waals surface area contributed by atoms with E-state index in [4.69, 9.17) is 0 Å². The van der Waals surface area contributed by atoms with Crippen LogP contribution in [0, 0.1) is 24.4 Å². The first-order chi connectivity index (χ1) is 14.8. The van der Waals surface area contributed by atoms with Crippen molar-refractivity contribution in [3.05, 3.63) is 51.7 Å². The molecule has 4 rings (SSSR count). The van der Waals surface area contributed by atoms with Crippen LogP contribution in [-0.4, -0.2) is 39.8 Å². The zero-order valence-electron chi connectivity index (χ0n) is 17.0. The third-order valence-electron chi connectivity index (χ3n) is 5.45. The first-order valence-electron chi connectivity index (χ1n) is 9.96. The molecule has 10 heteroatoms. The second-order valence-corrected chi connectivity index (χ2v) is 7.57. The summed E-state index contributed by atoms with van der Waals surface area (Å²) in [6, 6.07) is 1.92. The van der Waals surface area contributed by atoms with E-state index in [1.165, 1.54) is 16.8 Å². The molecular formula is C21H21F4N5O. The fourth-order valence-electron chi connectivity index (χ4n) is 3.78. The zero-order chi connectivity index (χ0) is 22.3. The molecule has 0 radical (unpaired) electrons. The van der Waals surface area contributed by atoms with E-state index in [2.05, 4.69) is 20.6 Å². The number of alkyl halides is 1. The fraction of sp³-hybridized carbons (Fsp3) is 0.381. The summed E-state index contributed by atoms with van der Waals surface area (Å²) in [6.45, 7) is 3.86. The van der Waals surface area contributed by atoms with Gasteiger partial charge < -0.3 is 10.6 Å². The van der Waals surface area contributed by atoms with Crippen LogP contribution < -0.4 is 16.2 Å². The molecule has 2 N–H and O–H groups in total. The van der Waals surface area contributed by atoms with Gasteiger partial charge in [-0.05, 0) is 26.0 Å². The quantitative estimate of drug-likeness (QED) is 0.486. The largest absolute Gasteiger partial charge is 0.350 e. The molecule has 2 atom stereocenters. The van der Waals surface area contributed by atoms with E-state index in [9.17, 15) is 22.4 Å². The first kappa shape index (κ1) is 21.2. The highest BCUT2D eigenvalue weighted by atomic mass is 19.2. The van der Waals surface area contributed by atoms with Crippen LogP contribution in [0.4, 0.5) is 23.5 Å². The van der Waals surface area contributed by atoms with Crippen molar-refractivity contribution in [3.63, 3.8) is 0 Å². The lowest BCUT2D eigenvalue weighted by Gasteiger charge is -2.26. The topological polar surface area (TPSA) is 71.8 Å². The zero-order valence-corrected chi connectivity index (χ0v) is 17.0. The molecule has 0 unspecified atom stereocenters. The molecule has 2 aromatic heterocycles. The first-order valence-corrected chi connectivity index (χ1v) is 9.96. The number of aryl methyl sites for hydroxylation is 1. The summed E-state index contributed by atoms with van der Waals surface area (Å²) in [4.78, 5) is 21.6. The monoisotopic (exact) mass is 435 g/mol. The van der Waals surface area contributed by atoms with Crippen molar-refractivity contribution < 1.29 is 17.6 Å². The van der Waals surface area contributed by atoms with Crippen molar-refractivity contribution in [2.75, 3.05) is 18.4 Å². The molecular weight excluding hydrogens is 414 g/mol. The van der Waals surface area contributed by atoms with Crippen molar-refractivity contribution in [3.8, 4) is 11.1 Å². The van der Waals surface area contributed by atoms with Crippen molar-refractivity contribution in [1.82, 2.24) is 19.9 Å². The SMILES string of the molecule is CCn1c(=O)c(-c2cc(F)c(C)c(F)c2F)cc2cnc(N[C@@H]3CNC[C@@H](F)C3)nc21. The van der Waals surface area contributed by atoms with E-state index in [1.54, 1.807) is 6.92 Å². The number of halogens is 4. The lowest BCUT2D eigenvalue weighted by atomic mass is 10.0. The summed E-state index contributed by atoms with van der Waals surface area (Å²) in [5.74, 6) is -3.34. The summed E-state index contributed by atoms with van der Waals surface area (Å²) in [5.41, 5.74) is -1.46. The number of nitrogens with zero attached hydrogens (tertiary/aromatic N) is 3. The molecule has 1 fully saturated rings. The maximum Gasteiger partial charge on any atom is 0.260 e. The van der Waals surface area contributed by atoms with Crippen molar-refractivity contribution in [2.24, 2.45) is 0 Å². The number of hydrogen-bond acceptors (Lipinski definition) is 5. The number of pyridine rings is 1. The minimum atomic E-state index is -1.33. The molecule has 1 aliphatic rings. The highest BCUT2D eigenvalue weighted by molar-refractivity contribution is 5.81. The lowest BCUT2D eigenvalue weighted by molar-refractivity contribution is 0.254. The Balaban J connectivity index is 1.81. The molecule has 0 spiro atoms. The van der Waals surface area contributed by atoms with E-state index < -0.39 is 40.3 Å². The Morgan fingerprint density at radius 1 is 1.19 bits per heavy atom. The van der Waals surface area contributed by atoms with Gasteiger partial charge >= 0.3 is 0 Å². The molecule has 31 heavy (non-hydrogen) atoms. The minimum absolute atomic E-state index is 0.189. The summed E-state index contributed by atoms with van der Waals surface area (Å²) in [6.07, 6.45) is 0.757. The maximum atomic E-state index is 14.5. The molecule has 0 bridgehead atoms. The lowest BCUT2D eigenvalue weighted by Crippen LogP contribution is -2.44. The molecule has 3 aromatic rings. The van der Waals surface area contributed by atoms with Gasteiger partial charge in [-0.2, -0.15) is 4.98 Å². The molecule has 164 valence electrons.